The first-order chi connectivity index (χ1) is 11.5. The largest absolute Gasteiger partial charge is 0.348 e. The molecule has 0 atom stereocenters. The molecule has 0 spiro atoms. The van der Waals surface area contributed by atoms with Crippen molar-refractivity contribution >= 4 is 0 Å². The van der Waals surface area contributed by atoms with Crippen LogP contribution in [0.1, 0.15) is 62.9 Å². The minimum Gasteiger partial charge on any atom is -0.348 e. The second kappa shape index (κ2) is 7.92. The van der Waals surface area contributed by atoms with Gasteiger partial charge >= 0.3 is 0 Å². The van der Waals surface area contributed by atoms with E-state index in [0.29, 0.717) is 24.7 Å². The van der Waals surface area contributed by atoms with Crippen LogP contribution in [0.4, 0.5) is 8.78 Å². The second-order valence-electron chi connectivity index (χ2n) is 7.68. The van der Waals surface area contributed by atoms with Gasteiger partial charge in [0.1, 0.15) is 11.6 Å². The van der Waals surface area contributed by atoms with Gasteiger partial charge in [-0.1, -0.05) is 39.0 Å². The molecule has 3 rings (SSSR count). The lowest BCUT2D eigenvalue weighted by Crippen LogP contribution is -2.28. The summed E-state index contributed by atoms with van der Waals surface area (Å²) in [7, 11) is 0. The molecule has 0 N–H and O–H groups in total. The van der Waals surface area contributed by atoms with Crippen molar-refractivity contribution in [1.82, 2.24) is 0 Å². The van der Waals surface area contributed by atoms with Crippen molar-refractivity contribution in [3.8, 4) is 0 Å². The molecule has 4 heteroatoms. The van der Waals surface area contributed by atoms with Gasteiger partial charge in [-0.15, -0.1) is 0 Å². The Kier molecular flexibility index (Phi) is 5.88. The fourth-order valence-electron chi connectivity index (χ4n) is 3.79. The first-order valence-electron chi connectivity index (χ1n) is 9.21. The fourth-order valence-corrected chi connectivity index (χ4v) is 3.79. The predicted molar refractivity (Wildman–Crippen MR) is 89.6 cm³/mol. The average Bonchev–Trinajstić information content (AvgIpc) is 2.59. The molecule has 1 aliphatic carbocycles. The first kappa shape index (κ1) is 17.8. The maximum absolute atomic E-state index is 13.7. The van der Waals surface area contributed by atoms with Crippen molar-refractivity contribution in [1.29, 1.82) is 0 Å². The number of rotatable bonds is 4. The lowest BCUT2D eigenvalue weighted by molar-refractivity contribution is -0.206. The Hall–Kier alpha value is -1.00. The molecule has 0 radical (unpaired) electrons. The summed E-state index contributed by atoms with van der Waals surface area (Å²) in [5, 5.41) is 0. The maximum atomic E-state index is 13.7. The molecule has 1 aromatic carbocycles. The van der Waals surface area contributed by atoms with Crippen molar-refractivity contribution in [2.45, 2.75) is 58.7 Å². The molecule has 1 aromatic rings. The maximum Gasteiger partial charge on any atom is 0.184 e. The molecule has 24 heavy (non-hydrogen) atoms. The number of halogens is 2. The van der Waals surface area contributed by atoms with Crippen molar-refractivity contribution in [3.05, 3.63) is 34.9 Å². The van der Waals surface area contributed by atoms with Crippen LogP contribution in [0.2, 0.25) is 0 Å². The van der Waals surface area contributed by atoms with Crippen LogP contribution < -0.4 is 0 Å². The smallest absolute Gasteiger partial charge is 0.184 e. The van der Waals surface area contributed by atoms with Gasteiger partial charge in [0.2, 0.25) is 0 Å². The van der Waals surface area contributed by atoms with Gasteiger partial charge in [0.15, 0.2) is 6.29 Å². The van der Waals surface area contributed by atoms with E-state index < -0.39 is 17.9 Å². The molecule has 0 unspecified atom stereocenters. The van der Waals surface area contributed by atoms with Crippen molar-refractivity contribution in [3.63, 3.8) is 0 Å². The third-order valence-electron chi connectivity index (χ3n) is 5.66. The van der Waals surface area contributed by atoms with Crippen LogP contribution in [0.5, 0.6) is 0 Å². The molecule has 1 saturated carbocycles. The highest BCUT2D eigenvalue weighted by Gasteiger charge is 2.26. The zero-order chi connectivity index (χ0) is 17.1. The third-order valence-corrected chi connectivity index (χ3v) is 5.66. The Morgan fingerprint density at radius 1 is 0.917 bits per heavy atom. The molecule has 0 aromatic heterocycles. The van der Waals surface area contributed by atoms with Gasteiger partial charge in [-0.25, -0.2) is 8.78 Å². The Bertz CT molecular complexity index is 522. The molecule has 1 saturated heterocycles. The third kappa shape index (κ3) is 4.34. The van der Waals surface area contributed by atoms with Crippen LogP contribution in [0.25, 0.3) is 0 Å². The Morgan fingerprint density at radius 2 is 1.46 bits per heavy atom. The summed E-state index contributed by atoms with van der Waals surface area (Å²) in [6.07, 6.45) is 7.11. The molecule has 0 amide bonds. The normalized spacial score (nSPS) is 31.2. The van der Waals surface area contributed by atoms with E-state index in [4.69, 9.17) is 9.47 Å². The highest BCUT2D eigenvalue weighted by molar-refractivity contribution is 5.26. The Morgan fingerprint density at radius 3 is 2.04 bits per heavy atom. The van der Waals surface area contributed by atoms with Crippen LogP contribution in [0.3, 0.4) is 0 Å². The van der Waals surface area contributed by atoms with Crippen molar-refractivity contribution in [2.75, 3.05) is 13.2 Å². The van der Waals surface area contributed by atoms with Gasteiger partial charge in [-0.2, -0.15) is 0 Å². The Balaban J connectivity index is 1.46. The summed E-state index contributed by atoms with van der Waals surface area (Å²) in [4.78, 5) is 0. The molecular weight excluding hydrogens is 310 g/mol. The van der Waals surface area contributed by atoms with Crippen LogP contribution in [0, 0.1) is 36.3 Å². The summed E-state index contributed by atoms with van der Waals surface area (Å²) in [6, 6.07) is 2.62. The van der Waals surface area contributed by atoms with Crippen LogP contribution in [0.15, 0.2) is 12.1 Å². The van der Waals surface area contributed by atoms with Gasteiger partial charge in [0.25, 0.3) is 0 Å². The van der Waals surface area contributed by atoms with Crippen molar-refractivity contribution in [2.24, 2.45) is 17.8 Å². The van der Waals surface area contributed by atoms with E-state index in [1.807, 2.05) is 0 Å². The molecule has 2 fully saturated rings. The number of ether oxygens (including phenoxy) is 2. The quantitative estimate of drug-likeness (QED) is 0.717. The average molecular weight is 338 g/mol. The van der Waals surface area contributed by atoms with Crippen LogP contribution in [-0.2, 0) is 9.47 Å². The molecule has 2 nitrogen and oxygen atoms in total. The zero-order valence-corrected chi connectivity index (χ0v) is 14.7. The fraction of sp³-hybridized carbons (Fsp3) is 0.700. The van der Waals surface area contributed by atoms with E-state index >= 15 is 0 Å². The van der Waals surface area contributed by atoms with Gasteiger partial charge in [0, 0.05) is 17.0 Å². The summed E-state index contributed by atoms with van der Waals surface area (Å²) in [6.45, 7) is 4.98. The van der Waals surface area contributed by atoms with Gasteiger partial charge in [-0.05, 0) is 37.3 Å². The number of hydrogen-bond donors (Lipinski definition) is 0. The summed E-state index contributed by atoms with van der Waals surface area (Å²) < 4.78 is 38.8. The molecular formula is C20H28F2O2. The highest BCUT2D eigenvalue weighted by atomic mass is 19.1. The summed E-state index contributed by atoms with van der Waals surface area (Å²) in [5.74, 6) is 1.02. The first-order valence-corrected chi connectivity index (χ1v) is 9.21. The van der Waals surface area contributed by atoms with Gasteiger partial charge in [0.05, 0.1) is 13.2 Å². The monoisotopic (exact) mass is 338 g/mol. The van der Waals surface area contributed by atoms with Gasteiger partial charge in [-0.3, -0.25) is 0 Å². The molecule has 1 heterocycles. The molecule has 2 aliphatic rings. The van der Waals surface area contributed by atoms with E-state index in [9.17, 15) is 8.78 Å². The van der Waals surface area contributed by atoms with E-state index in [1.54, 1.807) is 0 Å². The molecule has 1 aliphatic heterocycles. The van der Waals surface area contributed by atoms with Crippen molar-refractivity contribution < 1.29 is 18.3 Å². The standard InChI is InChI=1S/C20H28F2O2/c1-13-3-5-15(6-4-13)7-8-16-11-23-20(24-12-16)17-9-18(21)14(2)19(22)10-17/h9-10,13,15-16,20H,3-8,11-12H2,1-2H3. The topological polar surface area (TPSA) is 18.5 Å². The number of benzene rings is 1. The predicted octanol–water partition coefficient (Wildman–Crippen LogP) is 5.54. The minimum atomic E-state index is -0.651. The Labute approximate surface area is 143 Å². The lowest BCUT2D eigenvalue weighted by Gasteiger charge is -2.32. The van der Waals surface area contributed by atoms with E-state index in [2.05, 4.69) is 6.92 Å². The summed E-state index contributed by atoms with van der Waals surface area (Å²) in [5.41, 5.74) is 0.463. The summed E-state index contributed by atoms with van der Waals surface area (Å²) >= 11 is 0. The van der Waals surface area contributed by atoms with Crippen LogP contribution in [-0.4, -0.2) is 13.2 Å². The van der Waals surface area contributed by atoms with Gasteiger partial charge < -0.3 is 9.47 Å². The SMILES string of the molecule is Cc1c(F)cc(C2OCC(CCC3CCC(C)CC3)CO2)cc1F. The van der Waals surface area contributed by atoms with E-state index in [0.717, 1.165) is 18.3 Å². The second-order valence-corrected chi connectivity index (χ2v) is 7.68. The zero-order valence-electron chi connectivity index (χ0n) is 14.7. The highest BCUT2D eigenvalue weighted by Crippen LogP contribution is 2.34. The lowest BCUT2D eigenvalue weighted by atomic mass is 9.80. The van der Waals surface area contributed by atoms with E-state index in [1.165, 1.54) is 51.2 Å². The van der Waals surface area contributed by atoms with E-state index in [-0.39, 0.29) is 5.56 Å². The minimum absolute atomic E-state index is 0.0363. The number of hydrogen-bond acceptors (Lipinski definition) is 2. The van der Waals surface area contributed by atoms with Crippen LogP contribution >= 0.6 is 0 Å². The molecule has 134 valence electrons. The molecule has 0 bridgehead atoms.